The molecule has 0 aliphatic rings. The van der Waals surface area contributed by atoms with Crippen LogP contribution in [0.2, 0.25) is 15.1 Å². The fourth-order valence-corrected chi connectivity index (χ4v) is 2.20. The van der Waals surface area contributed by atoms with Gasteiger partial charge in [-0.2, -0.15) is 0 Å². The molecule has 2 aromatic rings. The first-order valence-electron chi connectivity index (χ1n) is 5.21. The third-order valence-corrected chi connectivity index (χ3v) is 3.71. The van der Waals surface area contributed by atoms with Crippen LogP contribution >= 0.6 is 34.8 Å². The summed E-state index contributed by atoms with van der Waals surface area (Å²) in [6, 6.07) is 4.97. The topological polar surface area (TPSA) is 39.2 Å². The largest absolute Gasteiger partial charge is 0.480 e. The van der Waals surface area contributed by atoms with Crippen molar-refractivity contribution < 1.29 is 9.53 Å². The normalized spacial score (nSPS) is 10.3. The molecular formula is C13H8Cl3NO2. The van der Waals surface area contributed by atoms with Crippen LogP contribution in [-0.2, 0) is 0 Å². The molecule has 0 bridgehead atoms. The average molecular weight is 317 g/mol. The van der Waals surface area contributed by atoms with Crippen molar-refractivity contribution in [1.29, 1.82) is 0 Å². The number of carbonyl (C=O) groups is 1. The highest BCUT2D eigenvalue weighted by atomic mass is 35.5. The summed E-state index contributed by atoms with van der Waals surface area (Å²) in [5.41, 5.74) is 1.77. The second kappa shape index (κ2) is 5.78. The summed E-state index contributed by atoms with van der Waals surface area (Å²) >= 11 is 17.8. The second-order valence-electron chi connectivity index (χ2n) is 3.69. The van der Waals surface area contributed by atoms with Crippen LogP contribution in [0.25, 0.3) is 11.1 Å². The molecule has 0 saturated heterocycles. The van der Waals surface area contributed by atoms with E-state index >= 15 is 0 Å². The molecule has 98 valence electrons. The van der Waals surface area contributed by atoms with Crippen molar-refractivity contribution in [2.75, 3.05) is 7.11 Å². The monoisotopic (exact) mass is 315 g/mol. The minimum atomic E-state index is 0.268. The van der Waals surface area contributed by atoms with Crippen LogP contribution < -0.4 is 4.74 Å². The number of methoxy groups -OCH3 is 1. The van der Waals surface area contributed by atoms with E-state index in [0.717, 1.165) is 5.56 Å². The van der Waals surface area contributed by atoms with Crippen molar-refractivity contribution in [3.8, 4) is 17.0 Å². The fourth-order valence-electron chi connectivity index (χ4n) is 1.60. The molecule has 1 heterocycles. The van der Waals surface area contributed by atoms with Crippen molar-refractivity contribution in [1.82, 2.24) is 4.98 Å². The zero-order chi connectivity index (χ0) is 14.0. The van der Waals surface area contributed by atoms with Gasteiger partial charge in [0.25, 0.3) is 0 Å². The molecule has 0 atom stereocenters. The van der Waals surface area contributed by atoms with Gasteiger partial charge in [0.2, 0.25) is 5.88 Å². The summed E-state index contributed by atoms with van der Waals surface area (Å²) in [7, 11) is 1.45. The van der Waals surface area contributed by atoms with Gasteiger partial charge in [0.15, 0.2) is 6.29 Å². The number of halogens is 3. The Kier molecular flexibility index (Phi) is 4.30. The van der Waals surface area contributed by atoms with Crippen molar-refractivity contribution >= 4 is 41.1 Å². The van der Waals surface area contributed by atoms with E-state index in [2.05, 4.69) is 4.98 Å². The molecule has 0 fully saturated rings. The Hall–Kier alpha value is -1.29. The number of hydrogen-bond donors (Lipinski definition) is 0. The third kappa shape index (κ3) is 2.84. The maximum atomic E-state index is 11.0. The van der Waals surface area contributed by atoms with Crippen LogP contribution in [0.3, 0.4) is 0 Å². The van der Waals surface area contributed by atoms with E-state index in [1.165, 1.54) is 7.11 Å². The van der Waals surface area contributed by atoms with Crippen LogP contribution in [0.4, 0.5) is 0 Å². The van der Waals surface area contributed by atoms with Crippen LogP contribution in [0, 0.1) is 0 Å². The molecule has 1 aromatic heterocycles. The standard InChI is InChI=1S/C13H8Cl3NO2/c1-19-13-9(6-18)2-8(5-17-13)7-3-10(14)12(16)11(15)4-7/h2-6H,1H3. The predicted octanol–water partition coefficient (Wildman–Crippen LogP) is 4.53. The maximum absolute atomic E-state index is 11.0. The van der Waals surface area contributed by atoms with Gasteiger partial charge in [-0.1, -0.05) is 34.8 Å². The summed E-state index contributed by atoms with van der Waals surface area (Å²) < 4.78 is 4.98. The molecule has 0 aliphatic carbocycles. The lowest BCUT2D eigenvalue weighted by atomic mass is 10.1. The number of pyridine rings is 1. The Bertz CT molecular complexity index is 621. The van der Waals surface area contributed by atoms with E-state index in [1.807, 2.05) is 0 Å². The van der Waals surface area contributed by atoms with Crippen LogP contribution in [0.1, 0.15) is 10.4 Å². The highest BCUT2D eigenvalue weighted by molar-refractivity contribution is 6.48. The van der Waals surface area contributed by atoms with Crippen LogP contribution in [-0.4, -0.2) is 18.4 Å². The van der Waals surface area contributed by atoms with Crippen molar-refractivity contribution in [3.05, 3.63) is 45.0 Å². The van der Waals surface area contributed by atoms with Crippen LogP contribution in [0.5, 0.6) is 5.88 Å². The minimum absolute atomic E-state index is 0.268. The van der Waals surface area contributed by atoms with Crippen molar-refractivity contribution in [2.24, 2.45) is 0 Å². The van der Waals surface area contributed by atoms with E-state index < -0.39 is 0 Å². The van der Waals surface area contributed by atoms with Crippen LogP contribution in [0.15, 0.2) is 24.4 Å². The minimum Gasteiger partial charge on any atom is -0.480 e. The van der Waals surface area contributed by atoms with Crippen molar-refractivity contribution in [3.63, 3.8) is 0 Å². The van der Waals surface area contributed by atoms with Gasteiger partial charge in [-0.05, 0) is 23.8 Å². The van der Waals surface area contributed by atoms with Gasteiger partial charge < -0.3 is 4.74 Å². The Morgan fingerprint density at radius 1 is 1.11 bits per heavy atom. The van der Waals surface area contributed by atoms with Gasteiger partial charge in [0.1, 0.15) is 0 Å². The number of ether oxygens (including phenoxy) is 1. The molecule has 0 radical (unpaired) electrons. The highest BCUT2D eigenvalue weighted by Crippen LogP contribution is 2.35. The lowest BCUT2D eigenvalue weighted by Gasteiger charge is -2.08. The zero-order valence-corrected chi connectivity index (χ0v) is 12.1. The third-order valence-electron chi connectivity index (χ3n) is 2.52. The van der Waals surface area contributed by atoms with E-state index in [1.54, 1.807) is 24.4 Å². The number of benzene rings is 1. The number of carbonyl (C=O) groups excluding carboxylic acids is 1. The van der Waals surface area contributed by atoms with Gasteiger partial charge in [-0.3, -0.25) is 4.79 Å². The molecule has 0 amide bonds. The molecule has 2 rings (SSSR count). The number of aldehydes is 1. The molecule has 1 aromatic carbocycles. The Balaban J connectivity index is 2.56. The fraction of sp³-hybridized carbons (Fsp3) is 0.0769. The summed E-state index contributed by atoms with van der Waals surface area (Å²) in [6.45, 7) is 0. The molecule has 6 heteroatoms. The number of hydrogen-bond acceptors (Lipinski definition) is 3. The second-order valence-corrected chi connectivity index (χ2v) is 4.89. The summed E-state index contributed by atoms with van der Waals surface area (Å²) in [5.74, 6) is 0.268. The molecule has 0 unspecified atom stereocenters. The first kappa shape index (κ1) is 14.1. The lowest BCUT2D eigenvalue weighted by Crippen LogP contribution is -1.94. The quantitative estimate of drug-likeness (QED) is 0.617. The van der Waals surface area contributed by atoms with Gasteiger partial charge in [-0.25, -0.2) is 4.98 Å². The molecule has 0 saturated carbocycles. The molecule has 0 aliphatic heterocycles. The Morgan fingerprint density at radius 2 is 1.74 bits per heavy atom. The summed E-state index contributed by atoms with van der Waals surface area (Å²) in [4.78, 5) is 15.0. The number of aromatic nitrogens is 1. The first-order chi connectivity index (χ1) is 9.06. The van der Waals surface area contributed by atoms with E-state index in [4.69, 9.17) is 39.5 Å². The summed E-state index contributed by atoms with van der Waals surface area (Å²) in [6.07, 6.45) is 2.25. The predicted molar refractivity (Wildman–Crippen MR) is 76.6 cm³/mol. The van der Waals surface area contributed by atoms with E-state index in [0.29, 0.717) is 32.5 Å². The smallest absolute Gasteiger partial charge is 0.223 e. The summed E-state index contributed by atoms with van der Waals surface area (Å²) in [5, 5.41) is 0.976. The maximum Gasteiger partial charge on any atom is 0.223 e. The van der Waals surface area contributed by atoms with Gasteiger partial charge in [-0.15, -0.1) is 0 Å². The number of rotatable bonds is 3. The first-order valence-corrected chi connectivity index (χ1v) is 6.34. The van der Waals surface area contributed by atoms with Gasteiger partial charge in [0, 0.05) is 11.8 Å². The molecule has 3 nitrogen and oxygen atoms in total. The average Bonchev–Trinajstić information content (AvgIpc) is 2.43. The molecule has 0 N–H and O–H groups in total. The zero-order valence-electron chi connectivity index (χ0n) is 9.78. The number of nitrogens with zero attached hydrogens (tertiary/aromatic N) is 1. The Morgan fingerprint density at radius 3 is 2.26 bits per heavy atom. The van der Waals surface area contributed by atoms with Gasteiger partial charge >= 0.3 is 0 Å². The molecule has 19 heavy (non-hydrogen) atoms. The SMILES string of the molecule is COc1ncc(-c2cc(Cl)c(Cl)c(Cl)c2)cc1C=O. The molecular weight excluding hydrogens is 309 g/mol. The lowest BCUT2D eigenvalue weighted by molar-refractivity contribution is 0.112. The van der Waals surface area contributed by atoms with Crippen molar-refractivity contribution in [2.45, 2.75) is 0 Å². The van der Waals surface area contributed by atoms with E-state index in [-0.39, 0.29) is 5.88 Å². The van der Waals surface area contributed by atoms with Gasteiger partial charge in [0.05, 0.1) is 27.7 Å². The highest BCUT2D eigenvalue weighted by Gasteiger charge is 2.10. The molecule has 0 spiro atoms. The van der Waals surface area contributed by atoms with E-state index in [9.17, 15) is 4.79 Å². The Labute approximate surface area is 125 Å².